The lowest BCUT2D eigenvalue weighted by atomic mass is 10.3. The molecule has 3 rings (SSSR count). The molecule has 13 heteroatoms. The Kier molecular flexibility index (Phi) is 8.70. The van der Waals surface area contributed by atoms with Gasteiger partial charge in [-0.3, -0.25) is 4.79 Å². The van der Waals surface area contributed by atoms with Crippen molar-refractivity contribution in [1.82, 2.24) is 13.9 Å². The van der Waals surface area contributed by atoms with Gasteiger partial charge in [0, 0.05) is 27.2 Å². The van der Waals surface area contributed by atoms with Gasteiger partial charge in [0.1, 0.15) is 24.7 Å². The topological polar surface area (TPSA) is 116 Å². The van der Waals surface area contributed by atoms with Crippen LogP contribution in [0.15, 0.2) is 53.4 Å². The van der Waals surface area contributed by atoms with E-state index in [2.05, 4.69) is 5.32 Å². The van der Waals surface area contributed by atoms with Gasteiger partial charge in [0.25, 0.3) is 0 Å². The summed E-state index contributed by atoms with van der Waals surface area (Å²) in [7, 11) is -5.06. The zero-order valence-corrected chi connectivity index (χ0v) is 21.2. The predicted molar refractivity (Wildman–Crippen MR) is 129 cm³/mol. The second kappa shape index (κ2) is 11.3. The molecule has 192 valence electrons. The molecule has 0 spiro atoms. The smallest absolute Gasteiger partial charge is 0.304 e. The van der Waals surface area contributed by atoms with E-state index in [-0.39, 0.29) is 23.7 Å². The molecule has 2 aromatic carbocycles. The maximum atomic E-state index is 14.3. The molecule has 2 aromatic rings. The van der Waals surface area contributed by atoms with E-state index in [1.807, 2.05) is 0 Å². The molecule has 10 nitrogen and oxygen atoms in total. The number of rotatable bonds is 11. The highest BCUT2D eigenvalue weighted by atomic mass is 32.2. The number of sulfonamides is 1. The summed E-state index contributed by atoms with van der Waals surface area (Å²) in [5.41, 5.74) is -0.239. The average molecular weight is 529 g/mol. The number of ether oxygens (including phenoxy) is 1. The first kappa shape index (κ1) is 26.9. The maximum Gasteiger partial charge on any atom is 0.304 e. The second-order valence-electron chi connectivity index (χ2n) is 8.03. The summed E-state index contributed by atoms with van der Waals surface area (Å²) in [5.74, 6) is -0.999. The van der Waals surface area contributed by atoms with E-state index in [1.54, 1.807) is 0 Å². The number of hydrogen-bond donors (Lipinski definition) is 1. The number of benzene rings is 2. The third-order valence-electron chi connectivity index (χ3n) is 5.37. The van der Waals surface area contributed by atoms with Crippen molar-refractivity contribution in [2.24, 2.45) is 0 Å². The Labute approximate surface area is 205 Å². The number of carbonyl (C=O) groups is 1. The molecule has 1 amide bonds. The van der Waals surface area contributed by atoms with Gasteiger partial charge in [0.05, 0.1) is 17.1 Å². The largest absolute Gasteiger partial charge is 0.492 e. The van der Waals surface area contributed by atoms with Crippen LogP contribution in [-0.2, 0) is 25.0 Å². The van der Waals surface area contributed by atoms with Crippen molar-refractivity contribution in [1.29, 1.82) is 0 Å². The number of para-hydroxylation sites is 1. The summed E-state index contributed by atoms with van der Waals surface area (Å²) in [4.78, 5) is 12.6. The van der Waals surface area contributed by atoms with E-state index in [4.69, 9.17) is 4.74 Å². The fourth-order valence-corrected chi connectivity index (χ4v) is 6.06. The molecule has 0 saturated carbocycles. The van der Waals surface area contributed by atoms with Crippen LogP contribution < -0.4 is 14.4 Å². The molecule has 0 aliphatic carbocycles. The second-order valence-corrected chi connectivity index (χ2v) is 12.0. The number of carbonyl (C=O) groups excluding carboxylic acids is 1. The monoisotopic (exact) mass is 528 g/mol. The zero-order chi connectivity index (χ0) is 25.6. The van der Waals surface area contributed by atoms with Crippen LogP contribution in [0.2, 0.25) is 0 Å². The van der Waals surface area contributed by atoms with Gasteiger partial charge in [-0.2, -0.15) is 17.0 Å². The highest BCUT2D eigenvalue weighted by Gasteiger charge is 2.29. The Morgan fingerprint density at radius 3 is 2.26 bits per heavy atom. The molecular weight excluding hydrogens is 499 g/mol. The van der Waals surface area contributed by atoms with Crippen LogP contribution in [-0.4, -0.2) is 78.2 Å². The molecule has 1 fully saturated rings. The first-order valence-corrected chi connectivity index (χ1v) is 13.8. The zero-order valence-electron chi connectivity index (χ0n) is 19.6. The fourth-order valence-electron chi connectivity index (χ4n) is 3.47. The molecule has 35 heavy (non-hydrogen) atoms. The highest BCUT2D eigenvalue weighted by molar-refractivity contribution is 7.90. The quantitative estimate of drug-likeness (QED) is 0.441. The summed E-state index contributed by atoms with van der Waals surface area (Å²) >= 11 is 0. The van der Waals surface area contributed by atoms with Crippen molar-refractivity contribution < 1.29 is 30.8 Å². The van der Waals surface area contributed by atoms with Gasteiger partial charge in [0.15, 0.2) is 0 Å². The van der Waals surface area contributed by atoms with Crippen molar-refractivity contribution in [3.8, 4) is 5.75 Å². The first-order valence-electron chi connectivity index (χ1n) is 11.0. The Morgan fingerprint density at radius 2 is 1.66 bits per heavy atom. The maximum absolute atomic E-state index is 14.3. The minimum atomic E-state index is -4.12. The van der Waals surface area contributed by atoms with Gasteiger partial charge in [-0.05, 0) is 49.2 Å². The normalized spacial score (nSPS) is 14.7. The van der Waals surface area contributed by atoms with E-state index >= 15 is 0 Å². The number of nitrogens with zero attached hydrogens (tertiary/aromatic N) is 3. The van der Waals surface area contributed by atoms with Crippen LogP contribution in [0.4, 0.5) is 10.1 Å². The Morgan fingerprint density at radius 1 is 1.03 bits per heavy atom. The minimum Gasteiger partial charge on any atom is -0.492 e. The van der Waals surface area contributed by atoms with E-state index in [0.29, 0.717) is 23.1 Å². The highest BCUT2D eigenvalue weighted by Crippen LogP contribution is 2.24. The van der Waals surface area contributed by atoms with Gasteiger partial charge >= 0.3 is 10.2 Å². The fraction of sp³-hybridized carbons (Fsp3) is 0.409. The van der Waals surface area contributed by atoms with E-state index in [9.17, 15) is 26.0 Å². The molecule has 1 aliphatic rings. The molecule has 0 bridgehead atoms. The van der Waals surface area contributed by atoms with Gasteiger partial charge < -0.3 is 10.1 Å². The summed E-state index contributed by atoms with van der Waals surface area (Å²) in [6, 6.07) is 11.3. The van der Waals surface area contributed by atoms with Crippen molar-refractivity contribution in [3.63, 3.8) is 0 Å². The molecule has 0 aromatic heterocycles. The van der Waals surface area contributed by atoms with Crippen molar-refractivity contribution in [2.75, 3.05) is 51.2 Å². The van der Waals surface area contributed by atoms with Crippen LogP contribution in [0, 0.1) is 5.82 Å². The Balaban J connectivity index is 1.54. The van der Waals surface area contributed by atoms with Gasteiger partial charge in [-0.25, -0.2) is 17.1 Å². The number of amides is 1. The molecule has 0 radical (unpaired) electrons. The molecule has 1 N–H and O–H groups in total. The van der Waals surface area contributed by atoms with Gasteiger partial charge in [-0.15, -0.1) is 0 Å². The standard InChI is InChI=1S/C22H29FN4O6S2/c1-25(2)35(31,32)27(21-8-4-3-7-20(21)23)17-22(28)24-13-16-33-18-9-11-19(12-10-18)34(29,30)26-14-5-6-15-26/h3-4,7-12H,5-6,13-17H2,1-2H3,(H,24,28). The van der Waals surface area contributed by atoms with Crippen LogP contribution in [0.25, 0.3) is 0 Å². The van der Waals surface area contributed by atoms with Crippen LogP contribution in [0.3, 0.4) is 0 Å². The number of nitrogens with one attached hydrogen (secondary N) is 1. The first-order chi connectivity index (χ1) is 16.5. The lowest BCUT2D eigenvalue weighted by Crippen LogP contribution is -2.46. The number of hydrogen-bond acceptors (Lipinski definition) is 6. The van der Waals surface area contributed by atoms with Crippen molar-refractivity contribution in [2.45, 2.75) is 17.7 Å². The lowest BCUT2D eigenvalue weighted by Gasteiger charge is -2.27. The lowest BCUT2D eigenvalue weighted by molar-refractivity contribution is -0.119. The predicted octanol–water partition coefficient (Wildman–Crippen LogP) is 1.42. The van der Waals surface area contributed by atoms with Crippen molar-refractivity contribution in [3.05, 3.63) is 54.3 Å². The Hall–Kier alpha value is -2.74. The summed E-state index contributed by atoms with van der Waals surface area (Å²) in [6.45, 7) is 0.531. The van der Waals surface area contributed by atoms with Gasteiger partial charge in [-0.1, -0.05) is 12.1 Å². The summed E-state index contributed by atoms with van der Waals surface area (Å²) < 4.78 is 73.3. The SMILES string of the molecule is CN(C)S(=O)(=O)N(CC(=O)NCCOc1ccc(S(=O)(=O)N2CCCC2)cc1)c1ccccc1F. The van der Waals surface area contributed by atoms with E-state index in [1.165, 1.54) is 60.9 Å². The molecular formula is C22H29FN4O6S2. The van der Waals surface area contributed by atoms with E-state index < -0.39 is 38.5 Å². The molecule has 1 saturated heterocycles. The third kappa shape index (κ3) is 6.48. The summed E-state index contributed by atoms with van der Waals surface area (Å²) in [6.07, 6.45) is 1.70. The molecule has 1 aliphatic heterocycles. The summed E-state index contributed by atoms with van der Waals surface area (Å²) in [5, 5.41) is 2.54. The third-order valence-corrected chi connectivity index (χ3v) is 9.09. The molecule has 0 atom stereocenters. The van der Waals surface area contributed by atoms with Crippen LogP contribution in [0.5, 0.6) is 5.75 Å². The number of anilines is 1. The molecule has 1 heterocycles. The Bertz CT molecular complexity index is 1230. The minimum absolute atomic E-state index is 0.0553. The van der Waals surface area contributed by atoms with Gasteiger partial charge in [0.2, 0.25) is 15.9 Å². The molecule has 0 unspecified atom stereocenters. The van der Waals surface area contributed by atoms with Crippen LogP contribution in [0.1, 0.15) is 12.8 Å². The van der Waals surface area contributed by atoms with E-state index in [0.717, 1.165) is 23.2 Å². The number of halogens is 1. The van der Waals surface area contributed by atoms with Crippen molar-refractivity contribution >= 4 is 31.8 Å². The average Bonchev–Trinajstić information content (AvgIpc) is 3.37. The van der Waals surface area contributed by atoms with Crippen LogP contribution >= 0.6 is 0 Å².